The topological polar surface area (TPSA) is 61.7 Å². The molecule has 0 aromatic carbocycles. The van der Waals surface area contributed by atoms with Crippen LogP contribution in [0.2, 0.25) is 0 Å². The van der Waals surface area contributed by atoms with E-state index in [1.165, 1.54) is 0 Å². The maximum atomic E-state index is 10.8. The number of carbonyl (C=O) groups excluding carboxylic acids is 1. The van der Waals surface area contributed by atoms with Gasteiger partial charge in [0.1, 0.15) is 6.67 Å². The van der Waals surface area contributed by atoms with E-state index in [1.807, 2.05) is 5.48 Å². The van der Waals surface area contributed by atoms with Crippen molar-refractivity contribution in [2.45, 2.75) is 20.3 Å². The standard InChI is InChI=1S/C6H12N2O2/c1-3-6(9)5(2)7-4-8-10/h8,10H,3-4H2,1-2H3. The molecule has 0 fully saturated rings. The van der Waals surface area contributed by atoms with Crippen LogP contribution >= 0.6 is 0 Å². The van der Waals surface area contributed by atoms with Crippen LogP contribution in [0.15, 0.2) is 4.99 Å². The highest BCUT2D eigenvalue weighted by molar-refractivity contribution is 6.38. The van der Waals surface area contributed by atoms with Crippen LogP contribution in [0.5, 0.6) is 0 Å². The fourth-order valence-electron chi connectivity index (χ4n) is 0.498. The summed E-state index contributed by atoms with van der Waals surface area (Å²) in [7, 11) is 0. The van der Waals surface area contributed by atoms with Crippen molar-refractivity contribution in [3.8, 4) is 0 Å². The van der Waals surface area contributed by atoms with E-state index in [9.17, 15) is 4.79 Å². The van der Waals surface area contributed by atoms with Crippen molar-refractivity contribution < 1.29 is 10.0 Å². The fourth-order valence-corrected chi connectivity index (χ4v) is 0.498. The van der Waals surface area contributed by atoms with E-state index in [1.54, 1.807) is 13.8 Å². The third-order valence-corrected chi connectivity index (χ3v) is 1.11. The molecule has 0 amide bonds. The second-order valence-electron chi connectivity index (χ2n) is 1.84. The van der Waals surface area contributed by atoms with Crippen LogP contribution in [0.4, 0.5) is 0 Å². The van der Waals surface area contributed by atoms with Crippen molar-refractivity contribution in [3.63, 3.8) is 0 Å². The van der Waals surface area contributed by atoms with Crippen molar-refractivity contribution in [2.75, 3.05) is 6.67 Å². The smallest absolute Gasteiger partial charge is 0.176 e. The lowest BCUT2D eigenvalue weighted by atomic mass is 10.2. The first-order chi connectivity index (χ1) is 4.72. The molecule has 0 aliphatic carbocycles. The maximum Gasteiger partial charge on any atom is 0.176 e. The molecule has 0 spiro atoms. The number of nitrogens with one attached hydrogen (secondary N) is 1. The van der Waals surface area contributed by atoms with Gasteiger partial charge >= 0.3 is 0 Å². The Hall–Kier alpha value is -0.740. The SMILES string of the molecule is CCC(=O)C(C)=NCNO. The third kappa shape index (κ3) is 3.32. The van der Waals surface area contributed by atoms with Crippen LogP contribution in [-0.4, -0.2) is 23.4 Å². The van der Waals surface area contributed by atoms with E-state index >= 15 is 0 Å². The normalized spacial score (nSPS) is 11.7. The predicted molar refractivity (Wildman–Crippen MR) is 38.2 cm³/mol. The van der Waals surface area contributed by atoms with Gasteiger partial charge in [-0.25, -0.2) is 0 Å². The highest BCUT2D eigenvalue weighted by Gasteiger charge is 1.99. The molecule has 0 saturated heterocycles. The van der Waals surface area contributed by atoms with Gasteiger partial charge in [0.15, 0.2) is 5.78 Å². The Labute approximate surface area is 59.9 Å². The Morgan fingerprint density at radius 1 is 1.70 bits per heavy atom. The lowest BCUT2D eigenvalue weighted by molar-refractivity contribution is -0.112. The lowest BCUT2D eigenvalue weighted by Crippen LogP contribution is -2.13. The average Bonchev–Trinajstić information content (AvgIpc) is 1.98. The van der Waals surface area contributed by atoms with Crippen LogP contribution in [0.1, 0.15) is 20.3 Å². The summed E-state index contributed by atoms with van der Waals surface area (Å²) in [5.74, 6) is 0.00949. The Balaban J connectivity index is 3.80. The molecule has 58 valence electrons. The molecule has 2 N–H and O–H groups in total. The van der Waals surface area contributed by atoms with Gasteiger partial charge in [-0.1, -0.05) is 6.92 Å². The summed E-state index contributed by atoms with van der Waals surface area (Å²) in [4.78, 5) is 14.5. The average molecular weight is 144 g/mol. The van der Waals surface area contributed by atoms with Crippen molar-refractivity contribution in [3.05, 3.63) is 0 Å². The Morgan fingerprint density at radius 2 is 2.30 bits per heavy atom. The summed E-state index contributed by atoms with van der Waals surface area (Å²) in [5.41, 5.74) is 2.29. The van der Waals surface area contributed by atoms with Gasteiger partial charge in [-0.15, -0.1) is 0 Å². The summed E-state index contributed by atoms with van der Waals surface area (Å²) in [6, 6.07) is 0. The van der Waals surface area contributed by atoms with Crippen LogP contribution in [0, 0.1) is 0 Å². The molecule has 0 saturated carbocycles. The number of hydrogen-bond donors (Lipinski definition) is 2. The van der Waals surface area contributed by atoms with E-state index in [4.69, 9.17) is 5.21 Å². The Morgan fingerprint density at radius 3 is 2.70 bits per heavy atom. The number of hydrogen-bond acceptors (Lipinski definition) is 4. The Kier molecular flexibility index (Phi) is 4.70. The molecule has 0 aromatic heterocycles. The number of carbonyl (C=O) groups is 1. The zero-order valence-corrected chi connectivity index (χ0v) is 6.22. The van der Waals surface area contributed by atoms with Crippen LogP contribution < -0.4 is 5.48 Å². The predicted octanol–water partition coefficient (Wildman–Crippen LogP) is 0.363. The summed E-state index contributed by atoms with van der Waals surface area (Å²) in [5, 5.41) is 8.10. The van der Waals surface area contributed by atoms with E-state index in [0.717, 1.165) is 0 Å². The molecule has 4 heteroatoms. The zero-order chi connectivity index (χ0) is 7.98. The molecule has 10 heavy (non-hydrogen) atoms. The fraction of sp³-hybridized carbons (Fsp3) is 0.667. The number of nitrogens with zero attached hydrogens (tertiary/aromatic N) is 1. The quantitative estimate of drug-likeness (QED) is 0.442. The van der Waals surface area contributed by atoms with Gasteiger partial charge in [-0.2, -0.15) is 5.48 Å². The largest absolute Gasteiger partial charge is 0.315 e. The van der Waals surface area contributed by atoms with Crippen LogP contribution in [-0.2, 0) is 4.79 Å². The monoisotopic (exact) mass is 144 g/mol. The van der Waals surface area contributed by atoms with E-state index < -0.39 is 0 Å². The van der Waals surface area contributed by atoms with Crippen molar-refractivity contribution >= 4 is 11.5 Å². The maximum absolute atomic E-state index is 10.8. The molecule has 0 atom stereocenters. The minimum Gasteiger partial charge on any atom is -0.315 e. The molecular formula is C6H12N2O2. The minimum absolute atomic E-state index is 0.00949. The number of ketones is 1. The van der Waals surface area contributed by atoms with Gasteiger partial charge in [0.05, 0.1) is 5.71 Å². The number of hydroxylamine groups is 1. The van der Waals surface area contributed by atoms with Gasteiger partial charge < -0.3 is 5.21 Å². The molecule has 0 aliphatic rings. The van der Waals surface area contributed by atoms with Gasteiger partial charge in [-0.05, 0) is 6.92 Å². The molecule has 0 heterocycles. The molecule has 0 unspecified atom stereocenters. The van der Waals surface area contributed by atoms with E-state index in [0.29, 0.717) is 12.1 Å². The van der Waals surface area contributed by atoms with Gasteiger partial charge in [0.2, 0.25) is 0 Å². The third-order valence-electron chi connectivity index (χ3n) is 1.11. The van der Waals surface area contributed by atoms with Gasteiger partial charge in [0, 0.05) is 6.42 Å². The Bertz CT molecular complexity index is 143. The molecule has 4 nitrogen and oxygen atoms in total. The first kappa shape index (κ1) is 9.26. The highest BCUT2D eigenvalue weighted by atomic mass is 16.5. The summed E-state index contributed by atoms with van der Waals surface area (Å²) < 4.78 is 0. The molecule has 0 rings (SSSR count). The minimum atomic E-state index is 0.00949. The van der Waals surface area contributed by atoms with E-state index in [-0.39, 0.29) is 12.5 Å². The van der Waals surface area contributed by atoms with Crippen LogP contribution in [0.3, 0.4) is 0 Å². The zero-order valence-electron chi connectivity index (χ0n) is 6.22. The first-order valence-electron chi connectivity index (χ1n) is 3.13. The highest BCUT2D eigenvalue weighted by Crippen LogP contribution is 1.85. The molecule has 0 aliphatic heterocycles. The van der Waals surface area contributed by atoms with Crippen LogP contribution in [0.25, 0.3) is 0 Å². The van der Waals surface area contributed by atoms with Gasteiger partial charge in [-0.3, -0.25) is 9.79 Å². The van der Waals surface area contributed by atoms with E-state index in [2.05, 4.69) is 4.99 Å². The number of aliphatic imine (C=N–C) groups is 1. The van der Waals surface area contributed by atoms with Crippen molar-refractivity contribution in [2.24, 2.45) is 4.99 Å². The second kappa shape index (κ2) is 5.08. The molecule has 0 radical (unpaired) electrons. The molecule has 0 aromatic rings. The summed E-state index contributed by atoms with van der Waals surface area (Å²) >= 11 is 0. The summed E-state index contributed by atoms with van der Waals surface area (Å²) in [6.07, 6.45) is 0.459. The summed E-state index contributed by atoms with van der Waals surface area (Å²) in [6.45, 7) is 3.48. The number of Topliss-reactive ketones (excluding diaryl/α,β-unsaturated/α-hetero) is 1. The van der Waals surface area contributed by atoms with Gasteiger partial charge in [0.25, 0.3) is 0 Å². The second-order valence-corrected chi connectivity index (χ2v) is 1.84. The number of rotatable bonds is 4. The van der Waals surface area contributed by atoms with Crippen molar-refractivity contribution in [1.82, 2.24) is 5.48 Å². The molecule has 0 bridgehead atoms. The molecular weight excluding hydrogens is 132 g/mol. The van der Waals surface area contributed by atoms with Crippen molar-refractivity contribution in [1.29, 1.82) is 0 Å². The first-order valence-corrected chi connectivity index (χ1v) is 3.13. The lowest BCUT2D eigenvalue weighted by Gasteiger charge is -1.94.